The van der Waals surface area contributed by atoms with Gasteiger partial charge >= 0.3 is 0 Å². The first-order chi connectivity index (χ1) is 14.7. The van der Waals surface area contributed by atoms with Gasteiger partial charge in [0.15, 0.2) is 0 Å². The van der Waals surface area contributed by atoms with Gasteiger partial charge in [0.25, 0.3) is 0 Å². The van der Waals surface area contributed by atoms with Crippen molar-refractivity contribution in [2.24, 2.45) is 5.92 Å². The van der Waals surface area contributed by atoms with Crippen LogP contribution >= 0.6 is 0 Å². The average Bonchev–Trinajstić information content (AvgIpc) is 3.20. The number of piperidine rings is 1. The SMILES string of the molecule is CCN(Cc1nc2ccccc2[nH]1)CC1CCCN(CCc2cccc(OC)c2)C1. The van der Waals surface area contributed by atoms with Crippen LogP contribution in [0.25, 0.3) is 11.0 Å². The highest BCUT2D eigenvalue weighted by Gasteiger charge is 2.22. The summed E-state index contributed by atoms with van der Waals surface area (Å²) in [5.41, 5.74) is 3.55. The van der Waals surface area contributed by atoms with Crippen LogP contribution in [-0.4, -0.2) is 59.6 Å². The summed E-state index contributed by atoms with van der Waals surface area (Å²) in [6.07, 6.45) is 3.71. The Labute approximate surface area is 180 Å². The van der Waals surface area contributed by atoms with Crippen LogP contribution in [0, 0.1) is 5.92 Å². The molecular weight excluding hydrogens is 372 g/mol. The minimum absolute atomic E-state index is 0.730. The Kier molecular flexibility index (Phi) is 7.03. The lowest BCUT2D eigenvalue weighted by Gasteiger charge is -2.35. The molecule has 1 saturated heterocycles. The molecule has 1 fully saturated rings. The molecule has 160 valence electrons. The molecule has 30 heavy (non-hydrogen) atoms. The third-order valence-corrected chi connectivity index (χ3v) is 6.23. The van der Waals surface area contributed by atoms with E-state index in [9.17, 15) is 0 Å². The minimum atomic E-state index is 0.730. The molecular formula is C25H34N4O. The smallest absolute Gasteiger partial charge is 0.121 e. The predicted molar refractivity (Wildman–Crippen MR) is 123 cm³/mol. The first kappa shape index (κ1) is 20.9. The Hall–Kier alpha value is -2.37. The summed E-state index contributed by atoms with van der Waals surface area (Å²) in [6, 6.07) is 16.8. The summed E-state index contributed by atoms with van der Waals surface area (Å²) >= 11 is 0. The topological polar surface area (TPSA) is 44.4 Å². The number of likely N-dealkylation sites (tertiary alicyclic amines) is 1. The average molecular weight is 407 g/mol. The second kappa shape index (κ2) is 10.1. The normalized spacial score (nSPS) is 17.6. The Balaban J connectivity index is 1.29. The number of fused-ring (bicyclic) bond motifs is 1. The molecule has 1 aliphatic rings. The number of methoxy groups -OCH3 is 1. The predicted octanol–water partition coefficient (Wildman–Crippen LogP) is 4.35. The van der Waals surface area contributed by atoms with Crippen LogP contribution in [0.15, 0.2) is 48.5 Å². The number of para-hydroxylation sites is 2. The number of nitrogens with zero attached hydrogens (tertiary/aromatic N) is 3. The number of rotatable bonds is 9. The van der Waals surface area contributed by atoms with Gasteiger partial charge in [-0.2, -0.15) is 0 Å². The van der Waals surface area contributed by atoms with E-state index < -0.39 is 0 Å². The van der Waals surface area contributed by atoms with Crippen LogP contribution in [0.3, 0.4) is 0 Å². The summed E-state index contributed by atoms with van der Waals surface area (Å²) in [6.45, 7) is 8.88. The van der Waals surface area contributed by atoms with E-state index in [0.29, 0.717) is 0 Å². The summed E-state index contributed by atoms with van der Waals surface area (Å²) in [5.74, 6) is 2.75. The quantitative estimate of drug-likeness (QED) is 0.574. The third-order valence-electron chi connectivity index (χ3n) is 6.23. The molecule has 5 heteroatoms. The zero-order valence-electron chi connectivity index (χ0n) is 18.3. The molecule has 0 saturated carbocycles. The number of benzene rings is 2. The highest BCUT2D eigenvalue weighted by molar-refractivity contribution is 5.74. The largest absolute Gasteiger partial charge is 0.497 e. The van der Waals surface area contributed by atoms with E-state index in [1.165, 1.54) is 31.5 Å². The van der Waals surface area contributed by atoms with Crippen LogP contribution in [0.4, 0.5) is 0 Å². The number of aromatic amines is 1. The molecule has 0 spiro atoms. The fraction of sp³-hybridized carbons (Fsp3) is 0.480. The maximum atomic E-state index is 5.36. The first-order valence-corrected chi connectivity index (χ1v) is 11.2. The lowest BCUT2D eigenvalue weighted by Crippen LogP contribution is -2.41. The highest BCUT2D eigenvalue weighted by Crippen LogP contribution is 2.20. The second-order valence-corrected chi connectivity index (χ2v) is 8.44. The zero-order chi connectivity index (χ0) is 20.8. The van der Waals surface area contributed by atoms with E-state index in [1.807, 2.05) is 12.1 Å². The van der Waals surface area contributed by atoms with E-state index in [4.69, 9.17) is 9.72 Å². The summed E-state index contributed by atoms with van der Waals surface area (Å²) in [5, 5.41) is 0. The number of hydrogen-bond acceptors (Lipinski definition) is 4. The van der Waals surface area contributed by atoms with E-state index in [1.54, 1.807) is 7.11 Å². The second-order valence-electron chi connectivity index (χ2n) is 8.44. The third kappa shape index (κ3) is 5.41. The Morgan fingerprint density at radius 3 is 2.93 bits per heavy atom. The zero-order valence-corrected chi connectivity index (χ0v) is 18.3. The minimum Gasteiger partial charge on any atom is -0.497 e. The number of H-pyrrole nitrogens is 1. The van der Waals surface area contributed by atoms with Crippen LogP contribution < -0.4 is 4.74 Å². The maximum Gasteiger partial charge on any atom is 0.121 e. The van der Waals surface area contributed by atoms with E-state index in [0.717, 1.165) is 61.1 Å². The van der Waals surface area contributed by atoms with Gasteiger partial charge in [-0.25, -0.2) is 4.98 Å². The van der Waals surface area contributed by atoms with Gasteiger partial charge in [-0.3, -0.25) is 4.90 Å². The van der Waals surface area contributed by atoms with Crippen molar-refractivity contribution in [3.05, 3.63) is 59.9 Å². The van der Waals surface area contributed by atoms with Crippen LogP contribution in [0.2, 0.25) is 0 Å². The molecule has 2 heterocycles. The summed E-state index contributed by atoms with van der Waals surface area (Å²) < 4.78 is 5.36. The Morgan fingerprint density at radius 2 is 2.10 bits per heavy atom. The maximum absolute atomic E-state index is 5.36. The van der Waals surface area contributed by atoms with Gasteiger partial charge in [-0.1, -0.05) is 31.2 Å². The van der Waals surface area contributed by atoms with E-state index in [-0.39, 0.29) is 0 Å². The number of aromatic nitrogens is 2. The van der Waals surface area contributed by atoms with Crippen molar-refractivity contribution < 1.29 is 4.74 Å². The Bertz CT molecular complexity index is 905. The van der Waals surface area contributed by atoms with E-state index in [2.05, 4.69) is 58.1 Å². The van der Waals surface area contributed by atoms with Crippen molar-refractivity contribution >= 4 is 11.0 Å². The van der Waals surface area contributed by atoms with Gasteiger partial charge in [0.05, 0.1) is 24.7 Å². The number of nitrogens with one attached hydrogen (secondary N) is 1. The molecule has 1 aromatic heterocycles. The molecule has 0 bridgehead atoms. The van der Waals surface area contributed by atoms with Gasteiger partial charge in [-0.15, -0.1) is 0 Å². The molecule has 0 radical (unpaired) electrons. The van der Waals surface area contributed by atoms with Crippen LogP contribution in [0.1, 0.15) is 31.2 Å². The molecule has 1 atom stereocenters. The van der Waals surface area contributed by atoms with Crippen molar-refractivity contribution in [2.45, 2.75) is 32.7 Å². The Morgan fingerprint density at radius 1 is 1.20 bits per heavy atom. The summed E-state index contributed by atoms with van der Waals surface area (Å²) in [4.78, 5) is 13.4. The molecule has 0 amide bonds. The molecule has 1 N–H and O–H groups in total. The number of hydrogen-bond donors (Lipinski definition) is 1. The van der Waals surface area contributed by atoms with Gasteiger partial charge in [-0.05, 0) is 68.1 Å². The van der Waals surface area contributed by atoms with Gasteiger partial charge in [0.1, 0.15) is 11.6 Å². The lowest BCUT2D eigenvalue weighted by molar-refractivity contribution is 0.132. The van der Waals surface area contributed by atoms with Crippen molar-refractivity contribution in [2.75, 3.05) is 39.8 Å². The van der Waals surface area contributed by atoms with Crippen LogP contribution in [-0.2, 0) is 13.0 Å². The van der Waals surface area contributed by atoms with Gasteiger partial charge in [0, 0.05) is 19.6 Å². The molecule has 4 rings (SSSR count). The van der Waals surface area contributed by atoms with Gasteiger partial charge < -0.3 is 14.6 Å². The monoisotopic (exact) mass is 406 g/mol. The fourth-order valence-corrected chi connectivity index (χ4v) is 4.58. The fourth-order valence-electron chi connectivity index (χ4n) is 4.58. The molecule has 5 nitrogen and oxygen atoms in total. The number of ether oxygens (including phenoxy) is 1. The molecule has 3 aromatic rings. The number of imidazole rings is 1. The molecule has 1 aliphatic heterocycles. The summed E-state index contributed by atoms with van der Waals surface area (Å²) in [7, 11) is 1.74. The molecule has 2 aromatic carbocycles. The molecule has 0 aliphatic carbocycles. The van der Waals surface area contributed by atoms with Crippen molar-refractivity contribution in [3.8, 4) is 5.75 Å². The lowest BCUT2D eigenvalue weighted by atomic mass is 9.97. The first-order valence-electron chi connectivity index (χ1n) is 11.2. The van der Waals surface area contributed by atoms with Crippen molar-refractivity contribution in [1.29, 1.82) is 0 Å². The standard InChI is InChI=1S/C25H34N4O/c1-3-28(19-25-26-23-11-4-5-12-24(23)27-25)17-21-9-7-14-29(18-21)15-13-20-8-6-10-22(16-20)30-2/h4-6,8,10-12,16,21H,3,7,9,13-15,17-19H2,1-2H3,(H,26,27). The van der Waals surface area contributed by atoms with Crippen molar-refractivity contribution in [3.63, 3.8) is 0 Å². The van der Waals surface area contributed by atoms with Gasteiger partial charge in [0.2, 0.25) is 0 Å². The highest BCUT2D eigenvalue weighted by atomic mass is 16.5. The van der Waals surface area contributed by atoms with E-state index >= 15 is 0 Å². The van der Waals surface area contributed by atoms with Crippen LogP contribution in [0.5, 0.6) is 5.75 Å². The molecule has 1 unspecified atom stereocenters. The van der Waals surface area contributed by atoms with Crippen molar-refractivity contribution in [1.82, 2.24) is 19.8 Å².